The maximum atomic E-state index is 11.9. The number of amides is 1. The molecule has 26 heavy (non-hydrogen) atoms. The number of hydrogen-bond acceptors (Lipinski definition) is 7. The summed E-state index contributed by atoms with van der Waals surface area (Å²) in [6.07, 6.45) is -1.27. The summed E-state index contributed by atoms with van der Waals surface area (Å²) in [7, 11) is 0. The Labute approximate surface area is 159 Å². The number of carbonyl (C=O) groups excluding carboxylic acids is 2. The molecule has 0 radical (unpaired) electrons. The Morgan fingerprint density at radius 2 is 1.77 bits per heavy atom. The van der Waals surface area contributed by atoms with Gasteiger partial charge in [0.15, 0.2) is 0 Å². The number of aliphatic carboxylic acids is 2. The number of hydrogen-bond donors (Lipinski definition) is 4. The van der Waals surface area contributed by atoms with Crippen molar-refractivity contribution in [3.63, 3.8) is 0 Å². The van der Waals surface area contributed by atoms with Crippen LogP contribution >= 0.6 is 11.8 Å². The summed E-state index contributed by atoms with van der Waals surface area (Å²) in [6.45, 7) is 0. The molecule has 140 valence electrons. The van der Waals surface area contributed by atoms with E-state index in [9.17, 15) is 22.9 Å². The molecule has 0 bridgehead atoms. The number of carboxylic acids is 2. The van der Waals surface area contributed by atoms with E-state index in [1.165, 1.54) is 0 Å². The second-order valence-electron chi connectivity index (χ2n) is 5.26. The van der Waals surface area contributed by atoms with Gasteiger partial charge in [-0.05, 0) is 0 Å². The van der Waals surface area contributed by atoms with Gasteiger partial charge in [-0.2, -0.15) is 0 Å². The molecular formula is C15H17AsN2O7S. The topological polar surface area (TPSA) is 164 Å². The summed E-state index contributed by atoms with van der Waals surface area (Å²) in [5.74, 6) is -4.27. The molecule has 1 aromatic carbocycles. The van der Waals surface area contributed by atoms with E-state index in [1.54, 1.807) is 24.3 Å². The van der Waals surface area contributed by atoms with Gasteiger partial charge in [0.05, 0.1) is 6.42 Å². The third kappa shape index (κ3) is 6.70. The molecule has 0 unspecified atom stereocenters. The first-order chi connectivity index (χ1) is 12.2. The second-order valence-corrected chi connectivity index (χ2v) is 7.83. The van der Waals surface area contributed by atoms with Gasteiger partial charge in [-0.1, -0.05) is 0 Å². The van der Waals surface area contributed by atoms with E-state index in [4.69, 9.17) is 15.9 Å². The number of carbonyl (C=O) groups is 4. The number of anilines is 1. The Hall–Kier alpha value is -2.03. The first kappa shape index (κ1) is 22.0. The van der Waals surface area contributed by atoms with E-state index >= 15 is 0 Å². The van der Waals surface area contributed by atoms with Gasteiger partial charge in [0.25, 0.3) is 0 Å². The molecule has 1 rings (SSSR count). The second kappa shape index (κ2) is 10.2. The van der Waals surface area contributed by atoms with Gasteiger partial charge in [0.1, 0.15) is 0 Å². The molecule has 0 aliphatic heterocycles. The summed E-state index contributed by atoms with van der Waals surface area (Å²) in [5, 5.41) is 20.3. The number of rotatable bonds is 11. The normalized spacial score (nSPS) is 13.0. The summed E-state index contributed by atoms with van der Waals surface area (Å²) in [6, 6.07) is 6.53. The van der Waals surface area contributed by atoms with Crippen LogP contribution in [0.5, 0.6) is 0 Å². The number of ketones is 1. The van der Waals surface area contributed by atoms with Crippen LogP contribution in [-0.4, -0.2) is 66.6 Å². The molecule has 0 aliphatic rings. The van der Waals surface area contributed by atoms with Crippen molar-refractivity contribution in [2.24, 2.45) is 5.73 Å². The van der Waals surface area contributed by atoms with Crippen molar-refractivity contribution in [2.45, 2.75) is 18.4 Å². The standard InChI is InChI=1S/C15H17AsN2O7S/c17-15(14(23)24,7-13(21)22)11(19)5-6-26-8-12(20)18-10-3-1-9(16-25)2-4-10/h1-4H,5-8,17H2,(H,18,20)(H,21,22)(H,23,24)/t15-/m1/s1. The van der Waals surface area contributed by atoms with Crippen LogP contribution < -0.4 is 15.4 Å². The number of nitrogens with one attached hydrogen (secondary N) is 1. The fraction of sp³-hybridized carbons (Fsp3) is 0.333. The van der Waals surface area contributed by atoms with Crippen molar-refractivity contribution < 1.29 is 33.1 Å². The average Bonchev–Trinajstić information content (AvgIpc) is 2.58. The van der Waals surface area contributed by atoms with Crippen LogP contribution in [0.1, 0.15) is 12.8 Å². The van der Waals surface area contributed by atoms with Crippen molar-refractivity contribution >= 4 is 61.1 Å². The minimum atomic E-state index is -2.47. The van der Waals surface area contributed by atoms with Gasteiger partial charge in [0.2, 0.25) is 0 Å². The van der Waals surface area contributed by atoms with E-state index in [0.717, 1.165) is 11.8 Å². The van der Waals surface area contributed by atoms with Gasteiger partial charge in [-0.3, -0.25) is 4.79 Å². The summed E-state index contributed by atoms with van der Waals surface area (Å²) in [4.78, 5) is 45.5. The third-order valence-corrected chi connectivity index (χ3v) is 5.30. The molecule has 1 amide bonds. The Morgan fingerprint density at radius 1 is 1.15 bits per heavy atom. The van der Waals surface area contributed by atoms with Crippen LogP contribution in [0, 0.1) is 0 Å². The third-order valence-electron chi connectivity index (χ3n) is 3.27. The molecule has 0 spiro atoms. The fourth-order valence-corrected chi connectivity index (χ4v) is 3.19. The van der Waals surface area contributed by atoms with Gasteiger partial charge in [0, 0.05) is 0 Å². The van der Waals surface area contributed by atoms with Gasteiger partial charge in [-0.25, -0.2) is 4.79 Å². The van der Waals surface area contributed by atoms with Crippen molar-refractivity contribution in [1.82, 2.24) is 0 Å². The Bertz CT molecular complexity index is 710. The molecule has 0 aromatic heterocycles. The molecule has 0 fully saturated rings. The van der Waals surface area contributed by atoms with Crippen molar-refractivity contribution in [1.29, 1.82) is 0 Å². The molecule has 0 saturated carbocycles. The Morgan fingerprint density at radius 3 is 2.27 bits per heavy atom. The average molecular weight is 444 g/mol. The fourth-order valence-electron chi connectivity index (χ4n) is 1.89. The van der Waals surface area contributed by atoms with Crippen LogP contribution in [0.2, 0.25) is 0 Å². The van der Waals surface area contributed by atoms with Crippen molar-refractivity contribution in [2.75, 3.05) is 16.8 Å². The summed E-state index contributed by atoms with van der Waals surface area (Å²) >= 11 is -0.0288. The number of Topliss-reactive ketones (excluding diaryl/α,β-unsaturated/α-hetero) is 1. The number of thioether (sulfide) groups is 1. The molecule has 1 atom stereocenters. The van der Waals surface area contributed by atoms with Crippen LogP contribution in [0.25, 0.3) is 0 Å². The summed E-state index contributed by atoms with van der Waals surface area (Å²) < 4.78 is 11.5. The Kier molecular flexibility index (Phi) is 8.63. The van der Waals surface area contributed by atoms with Crippen molar-refractivity contribution in [3.05, 3.63) is 24.3 Å². The van der Waals surface area contributed by atoms with Gasteiger partial charge >= 0.3 is 127 Å². The maximum absolute atomic E-state index is 11.9. The number of carboxylic acid groups (broad SMARTS) is 2. The molecular weight excluding hydrogens is 427 g/mol. The van der Waals surface area contributed by atoms with Crippen LogP contribution in [-0.2, 0) is 22.9 Å². The summed E-state index contributed by atoms with van der Waals surface area (Å²) in [5.41, 5.74) is 3.48. The first-order valence-electron chi connectivity index (χ1n) is 7.27. The van der Waals surface area contributed by atoms with Gasteiger partial charge in [-0.15, -0.1) is 0 Å². The quantitative estimate of drug-likeness (QED) is 0.195. The number of nitrogens with two attached hydrogens (primary N) is 1. The van der Waals surface area contributed by atoms with E-state index in [-0.39, 0.29) is 23.8 Å². The zero-order valence-electron chi connectivity index (χ0n) is 13.5. The number of benzene rings is 1. The van der Waals surface area contributed by atoms with E-state index in [2.05, 4.69) is 5.32 Å². The molecule has 11 heteroatoms. The molecule has 1 aromatic rings. The van der Waals surface area contributed by atoms with Crippen LogP contribution in [0.15, 0.2) is 24.3 Å². The molecule has 0 aliphatic carbocycles. The van der Waals surface area contributed by atoms with E-state index in [1.807, 2.05) is 0 Å². The first-order valence-corrected chi connectivity index (χ1v) is 10.1. The minimum absolute atomic E-state index is 0.0199. The predicted octanol–water partition coefficient (Wildman–Crippen LogP) is -0.751. The van der Waals surface area contributed by atoms with E-state index < -0.39 is 45.4 Å². The van der Waals surface area contributed by atoms with E-state index in [0.29, 0.717) is 10.0 Å². The van der Waals surface area contributed by atoms with Crippen LogP contribution in [0.4, 0.5) is 5.69 Å². The zero-order valence-corrected chi connectivity index (χ0v) is 16.2. The van der Waals surface area contributed by atoms with Crippen molar-refractivity contribution in [3.8, 4) is 0 Å². The Balaban J connectivity index is 2.43. The molecule has 5 N–H and O–H groups in total. The van der Waals surface area contributed by atoms with Crippen LogP contribution in [0.3, 0.4) is 0 Å². The predicted molar refractivity (Wildman–Crippen MR) is 94.9 cm³/mol. The molecule has 0 saturated heterocycles. The molecule has 9 nitrogen and oxygen atoms in total. The van der Waals surface area contributed by atoms with Gasteiger partial charge < -0.3 is 15.9 Å². The zero-order chi connectivity index (χ0) is 19.7. The monoisotopic (exact) mass is 444 g/mol. The molecule has 0 heterocycles. The SMILES string of the molecule is N[C@@](CC(=O)O)(C(=O)O)C(=O)CCSCC(=O)Nc1ccc([As]=O)cc1.